The Kier molecular flexibility index (Phi) is 7.64. The zero-order chi connectivity index (χ0) is 13.5. The predicted octanol–water partition coefficient (Wildman–Crippen LogP) is 2.43. The Hall–Kier alpha value is -1.05. The van der Waals surface area contributed by atoms with Crippen molar-refractivity contribution in [2.45, 2.75) is 6.42 Å². The summed E-state index contributed by atoms with van der Waals surface area (Å²) in [7, 11) is 1.42. The molecule has 2 heterocycles. The van der Waals surface area contributed by atoms with Crippen LogP contribution in [0.25, 0.3) is 5.57 Å². The third-order valence-corrected chi connectivity index (χ3v) is 4.27. The van der Waals surface area contributed by atoms with Crippen molar-refractivity contribution in [3.05, 3.63) is 29.7 Å². The number of rotatable bonds is 6. The van der Waals surface area contributed by atoms with E-state index in [1.807, 2.05) is 6.08 Å². The Bertz CT molecular complexity index is 477. The predicted molar refractivity (Wildman–Crippen MR) is 84.9 cm³/mol. The summed E-state index contributed by atoms with van der Waals surface area (Å²) < 4.78 is 8.59. The summed E-state index contributed by atoms with van der Waals surface area (Å²) in [6, 6.07) is 0. The normalized spacial score (nSPS) is 13.7. The van der Waals surface area contributed by atoms with E-state index in [9.17, 15) is 4.79 Å². The average Bonchev–Trinajstić information content (AvgIpc) is 2.98. The SMILES string of the molecule is COC(=O)CCSCN1C=CC(c2ncns2)=CC1.Cl. The van der Waals surface area contributed by atoms with Crippen LogP contribution in [0.4, 0.5) is 0 Å². The summed E-state index contributed by atoms with van der Waals surface area (Å²) in [5, 5.41) is 0.953. The summed E-state index contributed by atoms with van der Waals surface area (Å²) >= 11 is 3.12. The van der Waals surface area contributed by atoms with Crippen molar-refractivity contribution in [3.8, 4) is 0 Å². The second-order valence-corrected chi connectivity index (χ2v) is 5.71. The number of nitrogens with zero attached hydrogens (tertiary/aromatic N) is 3. The van der Waals surface area contributed by atoms with E-state index in [4.69, 9.17) is 0 Å². The highest BCUT2D eigenvalue weighted by molar-refractivity contribution is 7.99. The molecule has 1 aromatic rings. The summed E-state index contributed by atoms with van der Waals surface area (Å²) in [5.41, 5.74) is 1.12. The molecule has 0 unspecified atom stereocenters. The van der Waals surface area contributed by atoms with Gasteiger partial charge >= 0.3 is 5.97 Å². The van der Waals surface area contributed by atoms with E-state index >= 15 is 0 Å². The minimum absolute atomic E-state index is 0. The Balaban J connectivity index is 0.00000200. The maximum atomic E-state index is 11.0. The fourth-order valence-electron chi connectivity index (χ4n) is 1.52. The smallest absolute Gasteiger partial charge is 0.306 e. The average molecular weight is 334 g/mol. The second kappa shape index (κ2) is 8.99. The van der Waals surface area contributed by atoms with Crippen molar-refractivity contribution >= 4 is 47.2 Å². The molecule has 0 spiro atoms. The molecule has 0 atom stereocenters. The van der Waals surface area contributed by atoms with Crippen LogP contribution in [0.3, 0.4) is 0 Å². The van der Waals surface area contributed by atoms with Crippen LogP contribution in [-0.2, 0) is 9.53 Å². The van der Waals surface area contributed by atoms with Crippen LogP contribution in [0.1, 0.15) is 11.4 Å². The van der Waals surface area contributed by atoms with E-state index in [0.717, 1.165) is 28.8 Å². The van der Waals surface area contributed by atoms with Crippen molar-refractivity contribution in [1.82, 2.24) is 14.3 Å². The summed E-state index contributed by atoms with van der Waals surface area (Å²) in [4.78, 5) is 17.3. The minimum Gasteiger partial charge on any atom is -0.469 e. The van der Waals surface area contributed by atoms with Crippen molar-refractivity contribution < 1.29 is 9.53 Å². The quantitative estimate of drug-likeness (QED) is 0.588. The number of esters is 1. The van der Waals surface area contributed by atoms with Crippen LogP contribution >= 0.6 is 35.7 Å². The van der Waals surface area contributed by atoms with Gasteiger partial charge in [0.25, 0.3) is 0 Å². The van der Waals surface area contributed by atoms with E-state index in [1.54, 1.807) is 18.1 Å². The van der Waals surface area contributed by atoms with Crippen LogP contribution in [-0.4, -0.2) is 45.5 Å². The number of aromatic nitrogens is 2. The number of allylic oxidation sites excluding steroid dienone is 2. The van der Waals surface area contributed by atoms with Gasteiger partial charge in [0.2, 0.25) is 0 Å². The second-order valence-electron chi connectivity index (χ2n) is 3.86. The lowest BCUT2D eigenvalue weighted by Crippen LogP contribution is -2.19. The van der Waals surface area contributed by atoms with Crippen molar-refractivity contribution in [1.29, 1.82) is 0 Å². The largest absolute Gasteiger partial charge is 0.469 e. The Morgan fingerprint density at radius 3 is 3.05 bits per heavy atom. The van der Waals surface area contributed by atoms with Gasteiger partial charge in [-0.3, -0.25) is 4.79 Å². The summed E-state index contributed by atoms with van der Waals surface area (Å²) in [6.45, 7) is 0.858. The first-order chi connectivity index (χ1) is 9.29. The zero-order valence-corrected chi connectivity index (χ0v) is 13.5. The molecule has 2 rings (SSSR count). The van der Waals surface area contributed by atoms with E-state index < -0.39 is 0 Å². The third-order valence-electron chi connectivity index (χ3n) is 2.55. The van der Waals surface area contributed by atoms with E-state index in [-0.39, 0.29) is 18.4 Å². The third kappa shape index (κ3) is 5.15. The van der Waals surface area contributed by atoms with Crippen molar-refractivity contribution in [2.24, 2.45) is 0 Å². The highest BCUT2D eigenvalue weighted by Gasteiger charge is 2.09. The van der Waals surface area contributed by atoms with Gasteiger partial charge in [-0.15, -0.1) is 24.2 Å². The molecule has 0 aromatic carbocycles. The van der Waals surface area contributed by atoms with Gasteiger partial charge in [-0.25, -0.2) is 4.98 Å². The molecule has 0 amide bonds. The number of hydrogen-bond acceptors (Lipinski definition) is 7. The number of ether oxygens (including phenoxy) is 1. The van der Waals surface area contributed by atoms with Gasteiger partial charge in [0.05, 0.1) is 19.4 Å². The van der Waals surface area contributed by atoms with E-state index in [2.05, 4.69) is 31.3 Å². The monoisotopic (exact) mass is 333 g/mol. The highest BCUT2D eigenvalue weighted by atomic mass is 35.5. The van der Waals surface area contributed by atoms with Gasteiger partial charge in [0.15, 0.2) is 0 Å². The molecule has 1 aliphatic rings. The lowest BCUT2D eigenvalue weighted by Gasteiger charge is -2.21. The fourth-order valence-corrected chi connectivity index (χ4v) is 2.94. The number of methoxy groups -OCH3 is 1. The van der Waals surface area contributed by atoms with Crippen LogP contribution in [0, 0.1) is 0 Å². The number of carbonyl (C=O) groups is 1. The standard InChI is InChI=1S/C12H15N3O2S2.ClH/c1-17-11(16)4-7-18-9-15-5-2-10(3-6-15)12-13-8-14-19-12;/h2-3,5,8H,4,6-7,9H2,1H3;1H. The lowest BCUT2D eigenvalue weighted by molar-refractivity contribution is -0.140. The van der Waals surface area contributed by atoms with Crippen LogP contribution < -0.4 is 0 Å². The van der Waals surface area contributed by atoms with Crippen molar-refractivity contribution in [2.75, 3.05) is 25.3 Å². The van der Waals surface area contributed by atoms with Gasteiger partial charge in [0, 0.05) is 24.1 Å². The molecule has 0 radical (unpaired) electrons. The molecule has 1 aliphatic heterocycles. The van der Waals surface area contributed by atoms with Gasteiger partial charge in [0.1, 0.15) is 11.3 Å². The number of thioether (sulfide) groups is 1. The molecule has 8 heteroatoms. The molecule has 0 aliphatic carbocycles. The molecule has 0 saturated heterocycles. The van der Waals surface area contributed by atoms with Gasteiger partial charge in [-0.1, -0.05) is 6.08 Å². The summed E-state index contributed by atoms with van der Waals surface area (Å²) in [5.74, 6) is 1.50. The van der Waals surface area contributed by atoms with Gasteiger partial charge in [-0.05, 0) is 17.6 Å². The van der Waals surface area contributed by atoms with Crippen LogP contribution in [0.15, 0.2) is 24.7 Å². The van der Waals surface area contributed by atoms with Gasteiger partial charge < -0.3 is 9.64 Å². The maximum absolute atomic E-state index is 11.0. The Labute approximate surface area is 132 Å². The number of hydrogen-bond donors (Lipinski definition) is 0. The minimum atomic E-state index is -0.153. The van der Waals surface area contributed by atoms with Crippen LogP contribution in [0.5, 0.6) is 0 Å². The molecule has 20 heavy (non-hydrogen) atoms. The Morgan fingerprint density at radius 2 is 2.45 bits per heavy atom. The summed E-state index contributed by atoms with van der Waals surface area (Å²) in [6.07, 6.45) is 8.28. The topological polar surface area (TPSA) is 55.3 Å². The number of halogens is 1. The van der Waals surface area contributed by atoms with E-state index in [0.29, 0.717) is 6.42 Å². The molecular weight excluding hydrogens is 318 g/mol. The maximum Gasteiger partial charge on any atom is 0.306 e. The molecule has 5 nitrogen and oxygen atoms in total. The lowest BCUT2D eigenvalue weighted by atomic mass is 10.2. The first-order valence-corrected chi connectivity index (χ1v) is 7.76. The molecule has 1 aromatic heterocycles. The zero-order valence-electron chi connectivity index (χ0n) is 11.0. The molecule has 0 N–H and O–H groups in total. The molecule has 0 saturated carbocycles. The first kappa shape index (κ1) is 17.0. The fraction of sp³-hybridized carbons (Fsp3) is 0.417. The Morgan fingerprint density at radius 1 is 1.60 bits per heavy atom. The molecule has 0 bridgehead atoms. The highest BCUT2D eigenvalue weighted by Crippen LogP contribution is 2.20. The first-order valence-electron chi connectivity index (χ1n) is 5.83. The van der Waals surface area contributed by atoms with Crippen LogP contribution in [0.2, 0.25) is 0 Å². The van der Waals surface area contributed by atoms with Gasteiger partial charge in [-0.2, -0.15) is 4.37 Å². The molecule has 110 valence electrons. The van der Waals surface area contributed by atoms with Crippen molar-refractivity contribution in [3.63, 3.8) is 0 Å². The van der Waals surface area contributed by atoms with E-state index in [1.165, 1.54) is 18.6 Å². The molecule has 0 fully saturated rings. The molecular formula is C12H16ClN3O2S2. The number of carbonyl (C=O) groups excluding carboxylic acids is 1.